The Kier molecular flexibility index (Phi) is 4.62. The van der Waals surface area contributed by atoms with Gasteiger partial charge in [0.1, 0.15) is 11.6 Å². The van der Waals surface area contributed by atoms with Crippen LogP contribution in [0.15, 0.2) is 30.5 Å². The average molecular weight is 313 g/mol. The summed E-state index contributed by atoms with van der Waals surface area (Å²) in [5.74, 6) is 2.15. The number of rotatable bonds is 4. The van der Waals surface area contributed by atoms with Gasteiger partial charge in [0.05, 0.1) is 7.11 Å². The third-order valence-electron chi connectivity index (χ3n) is 4.22. The van der Waals surface area contributed by atoms with Crippen LogP contribution in [0.5, 0.6) is 5.75 Å². The van der Waals surface area contributed by atoms with Crippen LogP contribution < -0.4 is 15.4 Å². The summed E-state index contributed by atoms with van der Waals surface area (Å²) >= 11 is 0. The highest BCUT2D eigenvalue weighted by Crippen LogP contribution is 2.23. The molecule has 1 saturated heterocycles. The van der Waals surface area contributed by atoms with Crippen molar-refractivity contribution in [3.63, 3.8) is 0 Å². The number of methoxy groups -OCH3 is 1. The van der Waals surface area contributed by atoms with E-state index in [1.165, 1.54) is 5.56 Å². The van der Waals surface area contributed by atoms with Crippen LogP contribution in [0.4, 0.5) is 11.8 Å². The van der Waals surface area contributed by atoms with Gasteiger partial charge >= 0.3 is 0 Å². The highest BCUT2D eigenvalue weighted by molar-refractivity contribution is 5.51. The van der Waals surface area contributed by atoms with Gasteiger partial charge in [-0.05, 0) is 24.7 Å². The molecule has 2 heterocycles. The average Bonchev–Trinajstić information content (AvgIpc) is 2.58. The van der Waals surface area contributed by atoms with Crippen molar-refractivity contribution in [2.24, 2.45) is 0 Å². The van der Waals surface area contributed by atoms with Crippen molar-refractivity contribution in [2.45, 2.75) is 6.42 Å². The Morgan fingerprint density at radius 2 is 1.83 bits per heavy atom. The molecule has 23 heavy (non-hydrogen) atoms. The lowest BCUT2D eigenvalue weighted by molar-refractivity contribution is 0.312. The van der Waals surface area contributed by atoms with Crippen LogP contribution in [0, 0.1) is 0 Å². The van der Waals surface area contributed by atoms with Crippen molar-refractivity contribution in [2.75, 3.05) is 51.0 Å². The van der Waals surface area contributed by atoms with Crippen LogP contribution in [0.1, 0.15) is 11.1 Å². The second-order valence-electron chi connectivity index (χ2n) is 5.89. The largest absolute Gasteiger partial charge is 0.497 e. The SMILES string of the molecule is COc1ccc(Cc2cnc(N)nc2N2CCN(C)CC2)cc1. The van der Waals surface area contributed by atoms with Crippen LogP contribution in [-0.4, -0.2) is 55.2 Å². The molecule has 3 rings (SSSR count). The molecule has 0 aliphatic carbocycles. The fourth-order valence-corrected chi connectivity index (χ4v) is 2.79. The standard InChI is InChI=1S/C17H23N5O/c1-21-7-9-22(10-8-21)16-14(12-19-17(18)20-16)11-13-3-5-15(23-2)6-4-13/h3-6,12H,7-11H2,1-2H3,(H2,18,19,20). The fourth-order valence-electron chi connectivity index (χ4n) is 2.79. The molecule has 1 aromatic heterocycles. The summed E-state index contributed by atoms with van der Waals surface area (Å²) in [5, 5.41) is 0. The van der Waals surface area contributed by atoms with Gasteiger partial charge in [-0.2, -0.15) is 4.98 Å². The van der Waals surface area contributed by atoms with Gasteiger partial charge in [-0.15, -0.1) is 0 Å². The molecular weight excluding hydrogens is 290 g/mol. The summed E-state index contributed by atoms with van der Waals surface area (Å²) in [6.07, 6.45) is 2.63. The molecule has 0 radical (unpaired) electrons. The van der Waals surface area contributed by atoms with Gasteiger partial charge in [-0.3, -0.25) is 0 Å². The van der Waals surface area contributed by atoms with Gasteiger partial charge in [0.15, 0.2) is 0 Å². The molecule has 6 heteroatoms. The number of nitrogens with zero attached hydrogens (tertiary/aromatic N) is 4. The first kappa shape index (κ1) is 15.6. The Labute approximate surface area is 136 Å². The maximum atomic E-state index is 5.82. The molecule has 1 aromatic carbocycles. The molecular formula is C17H23N5O. The minimum Gasteiger partial charge on any atom is -0.497 e. The predicted molar refractivity (Wildman–Crippen MR) is 92.0 cm³/mol. The minimum atomic E-state index is 0.331. The number of aromatic nitrogens is 2. The van der Waals surface area contributed by atoms with E-state index in [0.29, 0.717) is 5.95 Å². The Hall–Kier alpha value is -2.34. The zero-order valence-electron chi connectivity index (χ0n) is 13.7. The number of hydrogen-bond donors (Lipinski definition) is 1. The monoisotopic (exact) mass is 313 g/mol. The van der Waals surface area contributed by atoms with Crippen LogP contribution in [-0.2, 0) is 6.42 Å². The van der Waals surface area contributed by atoms with Crippen LogP contribution in [0.3, 0.4) is 0 Å². The number of piperazine rings is 1. The summed E-state index contributed by atoms with van der Waals surface area (Å²) in [4.78, 5) is 13.3. The van der Waals surface area contributed by atoms with E-state index in [2.05, 4.69) is 38.9 Å². The minimum absolute atomic E-state index is 0.331. The van der Waals surface area contributed by atoms with E-state index in [-0.39, 0.29) is 0 Å². The summed E-state index contributed by atoms with van der Waals surface area (Å²) in [6, 6.07) is 8.10. The molecule has 0 saturated carbocycles. The molecule has 1 aliphatic heterocycles. The second kappa shape index (κ2) is 6.83. The van der Waals surface area contributed by atoms with E-state index >= 15 is 0 Å². The van der Waals surface area contributed by atoms with Gasteiger partial charge in [0.2, 0.25) is 5.95 Å². The number of hydrogen-bond acceptors (Lipinski definition) is 6. The zero-order valence-corrected chi connectivity index (χ0v) is 13.7. The van der Waals surface area contributed by atoms with Crippen molar-refractivity contribution in [1.82, 2.24) is 14.9 Å². The molecule has 122 valence electrons. The Morgan fingerprint density at radius 3 is 2.48 bits per heavy atom. The van der Waals surface area contributed by atoms with Gasteiger partial charge < -0.3 is 20.3 Å². The molecule has 0 amide bonds. The lowest BCUT2D eigenvalue weighted by atomic mass is 10.1. The maximum absolute atomic E-state index is 5.82. The highest BCUT2D eigenvalue weighted by Gasteiger charge is 2.19. The normalized spacial score (nSPS) is 15.7. The third-order valence-corrected chi connectivity index (χ3v) is 4.22. The van der Waals surface area contributed by atoms with Crippen molar-refractivity contribution in [3.8, 4) is 5.75 Å². The lowest BCUT2D eigenvalue weighted by Crippen LogP contribution is -2.45. The Balaban J connectivity index is 1.83. The van der Waals surface area contributed by atoms with E-state index in [9.17, 15) is 0 Å². The molecule has 1 aliphatic rings. The van der Waals surface area contributed by atoms with E-state index in [0.717, 1.165) is 49.7 Å². The molecule has 1 fully saturated rings. The highest BCUT2D eigenvalue weighted by atomic mass is 16.5. The molecule has 0 atom stereocenters. The van der Waals surface area contributed by atoms with Crippen molar-refractivity contribution >= 4 is 11.8 Å². The maximum Gasteiger partial charge on any atom is 0.221 e. The van der Waals surface area contributed by atoms with E-state index in [4.69, 9.17) is 10.5 Å². The summed E-state index contributed by atoms with van der Waals surface area (Å²) in [5.41, 5.74) is 8.13. The Bertz CT molecular complexity index is 651. The van der Waals surface area contributed by atoms with Gasteiger partial charge in [-0.1, -0.05) is 12.1 Å². The summed E-state index contributed by atoms with van der Waals surface area (Å²) < 4.78 is 5.21. The van der Waals surface area contributed by atoms with E-state index < -0.39 is 0 Å². The smallest absolute Gasteiger partial charge is 0.221 e. The second-order valence-corrected chi connectivity index (χ2v) is 5.89. The first-order chi connectivity index (χ1) is 11.2. The first-order valence-electron chi connectivity index (χ1n) is 7.83. The molecule has 6 nitrogen and oxygen atoms in total. The number of nitrogen functional groups attached to an aromatic ring is 1. The van der Waals surface area contributed by atoms with Crippen LogP contribution in [0.2, 0.25) is 0 Å². The predicted octanol–water partition coefficient (Wildman–Crippen LogP) is 1.41. The lowest BCUT2D eigenvalue weighted by Gasteiger charge is -2.34. The first-order valence-corrected chi connectivity index (χ1v) is 7.83. The van der Waals surface area contributed by atoms with Crippen LogP contribution in [0.25, 0.3) is 0 Å². The molecule has 0 bridgehead atoms. The van der Waals surface area contributed by atoms with Gasteiger partial charge in [-0.25, -0.2) is 4.98 Å². The number of ether oxygens (including phenoxy) is 1. The van der Waals surface area contributed by atoms with Gasteiger partial charge in [0.25, 0.3) is 0 Å². The number of likely N-dealkylation sites (N-methyl/N-ethyl adjacent to an activating group) is 1. The van der Waals surface area contributed by atoms with E-state index in [1.54, 1.807) is 7.11 Å². The number of benzene rings is 1. The molecule has 0 spiro atoms. The number of nitrogens with two attached hydrogens (primary N) is 1. The fraction of sp³-hybridized carbons (Fsp3) is 0.412. The van der Waals surface area contributed by atoms with Crippen LogP contribution >= 0.6 is 0 Å². The van der Waals surface area contributed by atoms with Crippen molar-refractivity contribution in [3.05, 3.63) is 41.6 Å². The van der Waals surface area contributed by atoms with E-state index in [1.807, 2.05) is 18.3 Å². The quantitative estimate of drug-likeness (QED) is 0.920. The number of anilines is 2. The zero-order chi connectivity index (χ0) is 16.2. The molecule has 2 N–H and O–H groups in total. The summed E-state index contributed by atoms with van der Waals surface area (Å²) in [7, 11) is 3.82. The van der Waals surface area contributed by atoms with Gasteiger partial charge in [0, 0.05) is 44.4 Å². The van der Waals surface area contributed by atoms with Crippen molar-refractivity contribution in [1.29, 1.82) is 0 Å². The van der Waals surface area contributed by atoms with Crippen molar-refractivity contribution < 1.29 is 4.74 Å². The molecule has 0 unspecified atom stereocenters. The third kappa shape index (κ3) is 3.71. The Morgan fingerprint density at radius 1 is 1.13 bits per heavy atom. The summed E-state index contributed by atoms with van der Waals surface area (Å²) in [6.45, 7) is 3.99. The topological polar surface area (TPSA) is 67.5 Å². The molecule has 2 aromatic rings.